The van der Waals surface area contributed by atoms with E-state index in [1.54, 1.807) is 0 Å². The zero-order valence-corrected chi connectivity index (χ0v) is 12.2. The Labute approximate surface area is 122 Å². The topological polar surface area (TPSA) is 60.9 Å². The predicted octanol–water partition coefficient (Wildman–Crippen LogP) is 2.41. The average Bonchev–Trinajstić information content (AvgIpc) is 2.44. The molecule has 120 valence electrons. The first-order chi connectivity index (χ1) is 9.91. The summed E-state index contributed by atoms with van der Waals surface area (Å²) in [4.78, 5) is 26.2. The van der Waals surface area contributed by atoms with Gasteiger partial charge in [-0.1, -0.05) is 12.8 Å². The number of carbonyl (C=O) groups is 2. The summed E-state index contributed by atoms with van der Waals surface area (Å²) in [5.74, 6) is -0.740. The number of carbonyl (C=O) groups excluding carboxylic acids is 1. The van der Waals surface area contributed by atoms with Crippen LogP contribution in [-0.2, 0) is 4.79 Å². The predicted molar refractivity (Wildman–Crippen MR) is 72.3 cm³/mol. The fourth-order valence-corrected chi connectivity index (χ4v) is 3.63. The van der Waals surface area contributed by atoms with Crippen molar-refractivity contribution in [1.82, 2.24) is 9.80 Å². The van der Waals surface area contributed by atoms with Gasteiger partial charge in [-0.15, -0.1) is 0 Å². The van der Waals surface area contributed by atoms with Gasteiger partial charge in [0.2, 0.25) is 0 Å². The molecule has 2 rings (SSSR count). The van der Waals surface area contributed by atoms with Crippen molar-refractivity contribution < 1.29 is 23.5 Å². The summed E-state index contributed by atoms with van der Waals surface area (Å²) in [7, 11) is 1.31. The molecule has 1 N–H and O–H groups in total. The number of likely N-dealkylation sites (tertiary alicyclic amines) is 1. The summed E-state index contributed by atoms with van der Waals surface area (Å²) >= 11 is 0. The molecule has 3 unspecified atom stereocenters. The highest BCUT2D eigenvalue weighted by Crippen LogP contribution is 2.38. The van der Waals surface area contributed by atoms with Crippen LogP contribution in [0.2, 0.25) is 0 Å². The molecule has 1 saturated carbocycles. The van der Waals surface area contributed by atoms with Gasteiger partial charge in [-0.2, -0.15) is 0 Å². The summed E-state index contributed by atoms with van der Waals surface area (Å²) in [6.45, 7) is -0.668. The lowest BCUT2D eigenvalue weighted by atomic mass is 9.76. The SMILES string of the molecule is CN(CC(F)F)C(=O)N1C(C(=O)O)CCC2CCCCC21. The summed E-state index contributed by atoms with van der Waals surface area (Å²) in [5, 5.41) is 9.35. The minimum atomic E-state index is -2.62. The highest BCUT2D eigenvalue weighted by atomic mass is 19.3. The zero-order chi connectivity index (χ0) is 15.6. The average molecular weight is 304 g/mol. The maximum absolute atomic E-state index is 12.5. The lowest BCUT2D eigenvalue weighted by molar-refractivity contribution is -0.146. The molecule has 1 aliphatic carbocycles. The van der Waals surface area contributed by atoms with Crippen molar-refractivity contribution in [3.63, 3.8) is 0 Å². The number of fused-ring (bicyclic) bond motifs is 1. The van der Waals surface area contributed by atoms with Gasteiger partial charge in [-0.3, -0.25) is 0 Å². The molecule has 1 aliphatic heterocycles. The number of aliphatic carboxylic acids is 1. The smallest absolute Gasteiger partial charge is 0.326 e. The molecule has 0 aromatic rings. The minimum Gasteiger partial charge on any atom is -0.480 e. The van der Waals surface area contributed by atoms with Gasteiger partial charge < -0.3 is 14.9 Å². The highest BCUT2D eigenvalue weighted by molar-refractivity contribution is 5.83. The van der Waals surface area contributed by atoms with Crippen LogP contribution in [0.1, 0.15) is 38.5 Å². The monoisotopic (exact) mass is 304 g/mol. The molecule has 7 heteroatoms. The van der Waals surface area contributed by atoms with Crippen LogP contribution in [0.3, 0.4) is 0 Å². The van der Waals surface area contributed by atoms with Crippen LogP contribution in [0.4, 0.5) is 13.6 Å². The molecule has 2 amide bonds. The Morgan fingerprint density at radius 3 is 2.52 bits per heavy atom. The maximum atomic E-state index is 12.5. The summed E-state index contributed by atoms with van der Waals surface area (Å²) < 4.78 is 24.9. The number of carboxylic acids is 1. The second kappa shape index (κ2) is 6.58. The first kappa shape index (κ1) is 16.0. The van der Waals surface area contributed by atoms with E-state index in [0.29, 0.717) is 12.3 Å². The first-order valence-corrected chi connectivity index (χ1v) is 7.46. The molecular weight excluding hydrogens is 282 g/mol. The Morgan fingerprint density at radius 1 is 1.24 bits per heavy atom. The summed E-state index contributed by atoms with van der Waals surface area (Å²) in [6, 6.07) is -1.60. The molecule has 0 aromatic heterocycles. The number of amides is 2. The van der Waals surface area contributed by atoms with Crippen LogP contribution in [0, 0.1) is 5.92 Å². The van der Waals surface area contributed by atoms with Gasteiger partial charge in [0.15, 0.2) is 0 Å². The van der Waals surface area contributed by atoms with Crippen molar-refractivity contribution in [2.75, 3.05) is 13.6 Å². The van der Waals surface area contributed by atoms with Gasteiger partial charge in [0.05, 0.1) is 6.54 Å². The Bertz CT molecular complexity index is 406. The number of urea groups is 1. The Morgan fingerprint density at radius 2 is 1.90 bits per heavy atom. The molecule has 5 nitrogen and oxygen atoms in total. The van der Waals surface area contributed by atoms with Gasteiger partial charge in [0.1, 0.15) is 6.04 Å². The fraction of sp³-hybridized carbons (Fsp3) is 0.857. The largest absolute Gasteiger partial charge is 0.480 e. The number of rotatable bonds is 3. The van der Waals surface area contributed by atoms with Crippen molar-refractivity contribution in [3.8, 4) is 0 Å². The molecule has 1 heterocycles. The van der Waals surface area contributed by atoms with Crippen LogP contribution < -0.4 is 0 Å². The quantitative estimate of drug-likeness (QED) is 0.871. The van der Waals surface area contributed by atoms with E-state index in [2.05, 4.69) is 0 Å². The molecule has 0 radical (unpaired) electrons. The Hall–Kier alpha value is -1.40. The lowest BCUT2D eigenvalue weighted by Gasteiger charge is -2.48. The van der Waals surface area contributed by atoms with Crippen molar-refractivity contribution in [2.45, 2.75) is 57.0 Å². The van der Waals surface area contributed by atoms with Crippen LogP contribution >= 0.6 is 0 Å². The van der Waals surface area contributed by atoms with E-state index < -0.39 is 31.0 Å². The molecule has 0 spiro atoms. The van der Waals surface area contributed by atoms with E-state index in [0.717, 1.165) is 37.0 Å². The molecule has 0 aromatic carbocycles. The molecule has 0 bridgehead atoms. The van der Waals surface area contributed by atoms with Crippen LogP contribution in [0.15, 0.2) is 0 Å². The molecule has 3 atom stereocenters. The van der Waals surface area contributed by atoms with Crippen LogP contribution in [-0.4, -0.2) is 59.0 Å². The fourth-order valence-electron chi connectivity index (χ4n) is 3.63. The molecule has 2 aliphatic rings. The van der Waals surface area contributed by atoms with Crippen molar-refractivity contribution in [3.05, 3.63) is 0 Å². The number of halogens is 2. The van der Waals surface area contributed by atoms with E-state index in [1.807, 2.05) is 0 Å². The second-order valence-corrected chi connectivity index (χ2v) is 6.00. The number of carboxylic acid groups (broad SMARTS) is 1. The van der Waals surface area contributed by atoms with E-state index in [9.17, 15) is 23.5 Å². The summed E-state index contributed by atoms with van der Waals surface area (Å²) in [5.41, 5.74) is 0. The van der Waals surface area contributed by atoms with Crippen molar-refractivity contribution in [1.29, 1.82) is 0 Å². The lowest BCUT2D eigenvalue weighted by Crippen LogP contribution is -2.60. The normalized spacial score (nSPS) is 29.1. The van der Waals surface area contributed by atoms with Gasteiger partial charge in [-0.05, 0) is 31.6 Å². The van der Waals surface area contributed by atoms with E-state index in [1.165, 1.54) is 11.9 Å². The maximum Gasteiger partial charge on any atom is 0.326 e. The third-order valence-corrected chi connectivity index (χ3v) is 4.62. The third-order valence-electron chi connectivity index (χ3n) is 4.62. The Kier molecular flexibility index (Phi) is 5.00. The number of nitrogens with zero attached hydrogens (tertiary/aromatic N) is 2. The third kappa shape index (κ3) is 3.44. The molecule has 21 heavy (non-hydrogen) atoms. The van der Waals surface area contributed by atoms with Gasteiger partial charge in [0, 0.05) is 13.1 Å². The zero-order valence-electron chi connectivity index (χ0n) is 12.2. The van der Waals surface area contributed by atoms with E-state index in [-0.39, 0.29) is 6.04 Å². The Balaban J connectivity index is 2.19. The standard InChI is InChI=1S/C14H22F2N2O3/c1-17(8-12(15)16)14(21)18-10-5-3-2-4-9(10)6-7-11(18)13(19)20/h9-12H,2-8H2,1H3,(H,19,20). The number of hydrogen-bond donors (Lipinski definition) is 1. The number of piperidine rings is 1. The molecule has 2 fully saturated rings. The molecular formula is C14H22F2N2O3. The van der Waals surface area contributed by atoms with Gasteiger partial charge in [0.25, 0.3) is 6.43 Å². The van der Waals surface area contributed by atoms with E-state index in [4.69, 9.17) is 0 Å². The van der Waals surface area contributed by atoms with Gasteiger partial charge >= 0.3 is 12.0 Å². The second-order valence-electron chi connectivity index (χ2n) is 6.00. The van der Waals surface area contributed by atoms with Crippen molar-refractivity contribution in [2.24, 2.45) is 5.92 Å². The van der Waals surface area contributed by atoms with Crippen LogP contribution in [0.25, 0.3) is 0 Å². The van der Waals surface area contributed by atoms with Crippen molar-refractivity contribution >= 4 is 12.0 Å². The first-order valence-electron chi connectivity index (χ1n) is 7.46. The summed E-state index contributed by atoms with van der Waals surface area (Å²) in [6.07, 6.45) is 2.38. The van der Waals surface area contributed by atoms with Crippen LogP contribution in [0.5, 0.6) is 0 Å². The van der Waals surface area contributed by atoms with E-state index >= 15 is 0 Å². The number of alkyl halides is 2. The number of hydrogen-bond acceptors (Lipinski definition) is 2. The van der Waals surface area contributed by atoms with Gasteiger partial charge in [-0.25, -0.2) is 18.4 Å². The molecule has 1 saturated heterocycles. The highest BCUT2D eigenvalue weighted by Gasteiger charge is 2.44. The minimum absolute atomic E-state index is 0.124.